The number of guanidine groups is 1. The van der Waals surface area contributed by atoms with Crippen molar-refractivity contribution < 1.29 is 14.6 Å². The second kappa shape index (κ2) is 12.2. The van der Waals surface area contributed by atoms with Gasteiger partial charge in [0.05, 0.1) is 18.7 Å². The van der Waals surface area contributed by atoms with Gasteiger partial charge in [0.1, 0.15) is 5.75 Å². The van der Waals surface area contributed by atoms with Gasteiger partial charge in [-0.25, -0.2) is 0 Å². The van der Waals surface area contributed by atoms with Crippen molar-refractivity contribution in [3.05, 3.63) is 29.8 Å². The second-order valence-electron chi connectivity index (χ2n) is 6.79. The predicted molar refractivity (Wildman–Crippen MR) is 111 cm³/mol. The number of piperidine rings is 1. The number of methoxy groups -OCH3 is 1. The molecule has 1 saturated heterocycles. The number of benzene rings is 1. The normalized spacial score (nSPS) is 16.0. The lowest BCUT2D eigenvalue weighted by molar-refractivity contribution is 0.0952. The minimum atomic E-state index is -0.297. The van der Waals surface area contributed by atoms with E-state index in [0.29, 0.717) is 19.1 Å². The van der Waals surface area contributed by atoms with Crippen LogP contribution >= 0.6 is 0 Å². The fourth-order valence-electron chi connectivity index (χ4n) is 3.13. The van der Waals surface area contributed by atoms with E-state index in [9.17, 15) is 9.90 Å². The van der Waals surface area contributed by atoms with Gasteiger partial charge in [-0.1, -0.05) is 12.1 Å². The van der Waals surface area contributed by atoms with E-state index in [1.54, 1.807) is 25.3 Å². The molecule has 4 N–H and O–H groups in total. The van der Waals surface area contributed by atoms with Crippen LogP contribution < -0.4 is 16.0 Å². The first kappa shape index (κ1) is 22.0. The molecular weight excluding hydrogens is 358 g/mol. The summed E-state index contributed by atoms with van der Waals surface area (Å²) in [5.74, 6) is 0.458. The van der Waals surface area contributed by atoms with Crippen molar-refractivity contribution in [1.29, 1.82) is 0 Å². The molecule has 1 aromatic carbocycles. The summed E-state index contributed by atoms with van der Waals surface area (Å²) in [6.07, 6.45) is 2.14. The molecule has 156 valence electrons. The molecule has 0 bridgehead atoms. The Kier molecular flexibility index (Phi) is 9.57. The summed E-state index contributed by atoms with van der Waals surface area (Å²) < 4.78 is 5.14. The molecule has 0 saturated carbocycles. The summed E-state index contributed by atoms with van der Waals surface area (Å²) >= 11 is 0. The van der Waals surface area contributed by atoms with E-state index >= 15 is 0 Å². The molecule has 1 aliphatic rings. The first-order valence-electron chi connectivity index (χ1n) is 9.96. The van der Waals surface area contributed by atoms with E-state index < -0.39 is 0 Å². The third kappa shape index (κ3) is 7.36. The molecule has 0 aromatic heterocycles. The highest BCUT2D eigenvalue weighted by atomic mass is 16.5. The van der Waals surface area contributed by atoms with Gasteiger partial charge in [-0.3, -0.25) is 9.79 Å². The van der Waals surface area contributed by atoms with Crippen LogP contribution in [0.4, 0.5) is 0 Å². The third-order valence-electron chi connectivity index (χ3n) is 4.70. The van der Waals surface area contributed by atoms with Crippen LogP contribution in [0.3, 0.4) is 0 Å². The number of ether oxygens (including phenoxy) is 1. The average Bonchev–Trinajstić information content (AvgIpc) is 2.71. The van der Waals surface area contributed by atoms with Crippen LogP contribution in [0.5, 0.6) is 5.75 Å². The number of amides is 1. The quantitative estimate of drug-likeness (QED) is 0.282. The largest absolute Gasteiger partial charge is 0.507 e. The van der Waals surface area contributed by atoms with Gasteiger partial charge in [-0.2, -0.15) is 0 Å². The van der Waals surface area contributed by atoms with Gasteiger partial charge in [-0.15, -0.1) is 0 Å². The molecule has 0 spiro atoms. The molecule has 1 heterocycles. The van der Waals surface area contributed by atoms with E-state index in [-0.39, 0.29) is 17.2 Å². The number of phenolic OH excluding ortho intramolecular Hbond substituents is 1. The van der Waals surface area contributed by atoms with Gasteiger partial charge >= 0.3 is 0 Å². The van der Waals surface area contributed by atoms with Crippen molar-refractivity contribution in [3.8, 4) is 5.75 Å². The Hall–Kier alpha value is -2.32. The van der Waals surface area contributed by atoms with Crippen LogP contribution in [0.15, 0.2) is 29.3 Å². The highest BCUT2D eigenvalue weighted by molar-refractivity contribution is 5.96. The number of nitrogens with one attached hydrogen (secondary N) is 3. The van der Waals surface area contributed by atoms with E-state index in [1.165, 1.54) is 6.07 Å². The van der Waals surface area contributed by atoms with Gasteiger partial charge in [0.25, 0.3) is 5.91 Å². The average molecular weight is 392 g/mol. The molecule has 8 nitrogen and oxygen atoms in total. The Balaban J connectivity index is 1.75. The van der Waals surface area contributed by atoms with E-state index in [0.717, 1.165) is 51.6 Å². The molecule has 1 aromatic rings. The molecule has 0 radical (unpaired) electrons. The first-order valence-corrected chi connectivity index (χ1v) is 9.96. The van der Waals surface area contributed by atoms with Crippen molar-refractivity contribution in [2.75, 3.05) is 53.0 Å². The fourth-order valence-corrected chi connectivity index (χ4v) is 3.13. The molecule has 28 heavy (non-hydrogen) atoms. The number of carbonyl (C=O) groups is 1. The molecule has 1 amide bonds. The summed E-state index contributed by atoms with van der Waals surface area (Å²) in [6.45, 7) is 7.53. The lowest BCUT2D eigenvalue weighted by Gasteiger charge is -2.32. The Morgan fingerprint density at radius 2 is 2.04 bits per heavy atom. The molecule has 1 fully saturated rings. The number of para-hydroxylation sites is 1. The molecule has 0 unspecified atom stereocenters. The smallest absolute Gasteiger partial charge is 0.255 e. The topological polar surface area (TPSA) is 98.2 Å². The van der Waals surface area contributed by atoms with Gasteiger partial charge in [0.15, 0.2) is 5.96 Å². The summed E-state index contributed by atoms with van der Waals surface area (Å²) in [6, 6.07) is 6.90. The second-order valence-corrected chi connectivity index (χ2v) is 6.79. The van der Waals surface area contributed by atoms with Crippen LogP contribution in [0.2, 0.25) is 0 Å². The third-order valence-corrected chi connectivity index (χ3v) is 4.70. The zero-order valence-electron chi connectivity index (χ0n) is 16.9. The Bertz CT molecular complexity index is 630. The maximum atomic E-state index is 12.1. The Morgan fingerprint density at radius 1 is 1.29 bits per heavy atom. The number of rotatable bonds is 9. The monoisotopic (exact) mass is 391 g/mol. The first-order chi connectivity index (χ1) is 13.6. The Labute approximate surface area is 167 Å². The highest BCUT2D eigenvalue weighted by Crippen LogP contribution is 2.14. The molecule has 0 atom stereocenters. The van der Waals surface area contributed by atoms with Crippen molar-refractivity contribution in [2.24, 2.45) is 4.99 Å². The number of carbonyl (C=O) groups excluding carboxylic acids is 1. The molecule has 8 heteroatoms. The molecule has 2 rings (SSSR count). The van der Waals surface area contributed by atoms with Crippen LogP contribution in [0.1, 0.15) is 30.1 Å². The number of aromatic hydroxyl groups is 1. The number of hydrogen-bond acceptors (Lipinski definition) is 5. The van der Waals surface area contributed by atoms with Crippen LogP contribution in [0.25, 0.3) is 0 Å². The summed E-state index contributed by atoms with van der Waals surface area (Å²) in [7, 11) is 1.73. The van der Waals surface area contributed by atoms with Crippen molar-refractivity contribution in [2.45, 2.75) is 25.8 Å². The minimum Gasteiger partial charge on any atom is -0.507 e. The maximum Gasteiger partial charge on any atom is 0.255 e. The van der Waals surface area contributed by atoms with Crippen molar-refractivity contribution in [3.63, 3.8) is 0 Å². The predicted octanol–water partition coefficient (Wildman–Crippen LogP) is 0.788. The maximum absolute atomic E-state index is 12.1. The van der Waals surface area contributed by atoms with E-state index in [2.05, 4.69) is 25.8 Å². The van der Waals surface area contributed by atoms with Crippen LogP contribution in [0, 0.1) is 0 Å². The lowest BCUT2D eigenvalue weighted by atomic mass is 10.1. The zero-order valence-corrected chi connectivity index (χ0v) is 16.9. The summed E-state index contributed by atoms with van der Waals surface area (Å²) in [4.78, 5) is 19.1. The number of nitrogens with zero attached hydrogens (tertiary/aromatic N) is 2. The standard InChI is InChI=1S/C20H33N5O3/c1-3-21-20(24-16-8-12-25(13-9-16)14-15-28-2)23-11-10-22-19(27)17-6-4-5-7-18(17)26/h4-7,16,26H,3,8-15H2,1-2H3,(H,22,27)(H2,21,23,24). The van der Waals surface area contributed by atoms with Gasteiger partial charge < -0.3 is 30.7 Å². The summed E-state index contributed by atoms with van der Waals surface area (Å²) in [5.41, 5.74) is 0.275. The zero-order chi connectivity index (χ0) is 20.2. The van der Waals surface area contributed by atoms with E-state index in [1.807, 2.05) is 6.92 Å². The van der Waals surface area contributed by atoms with Gasteiger partial charge in [0, 0.05) is 45.9 Å². The van der Waals surface area contributed by atoms with E-state index in [4.69, 9.17) is 4.74 Å². The summed E-state index contributed by atoms with van der Waals surface area (Å²) in [5, 5.41) is 19.3. The Morgan fingerprint density at radius 3 is 2.71 bits per heavy atom. The van der Waals surface area contributed by atoms with Crippen molar-refractivity contribution >= 4 is 11.9 Å². The molecular formula is C20H33N5O3. The fraction of sp³-hybridized carbons (Fsp3) is 0.600. The number of aliphatic imine (C=N–C) groups is 1. The van der Waals surface area contributed by atoms with Gasteiger partial charge in [0.2, 0.25) is 0 Å². The van der Waals surface area contributed by atoms with Crippen molar-refractivity contribution in [1.82, 2.24) is 20.9 Å². The van der Waals surface area contributed by atoms with Gasteiger partial charge in [-0.05, 0) is 31.9 Å². The molecule has 1 aliphatic heterocycles. The highest BCUT2D eigenvalue weighted by Gasteiger charge is 2.19. The SMILES string of the molecule is CCNC(=NCCNC(=O)c1ccccc1O)NC1CCN(CCOC)CC1. The lowest BCUT2D eigenvalue weighted by Crippen LogP contribution is -2.49. The number of phenols is 1. The number of hydrogen-bond donors (Lipinski definition) is 4. The number of likely N-dealkylation sites (tertiary alicyclic amines) is 1. The van der Waals surface area contributed by atoms with Crippen LogP contribution in [-0.2, 0) is 4.74 Å². The molecule has 0 aliphatic carbocycles. The minimum absolute atomic E-state index is 0.0182. The van der Waals surface area contributed by atoms with Crippen LogP contribution in [-0.4, -0.2) is 80.9 Å².